The van der Waals surface area contributed by atoms with Crippen LogP contribution in [0, 0.1) is 11.3 Å². The summed E-state index contributed by atoms with van der Waals surface area (Å²) in [5.41, 5.74) is 6.22. The third kappa shape index (κ3) is 4.12. The Hall–Kier alpha value is -0.0800. The molecule has 1 rings (SSSR count). The van der Waals surface area contributed by atoms with Crippen LogP contribution >= 0.6 is 0 Å². The molecule has 0 heterocycles. The minimum atomic E-state index is 0.467. The summed E-state index contributed by atoms with van der Waals surface area (Å²) in [6.45, 7) is 8.78. The molecular weight excluding hydrogens is 184 g/mol. The van der Waals surface area contributed by atoms with Crippen LogP contribution in [0.1, 0.15) is 52.9 Å². The fourth-order valence-electron chi connectivity index (χ4n) is 2.92. The number of nitrogens with one attached hydrogen (secondary N) is 1. The van der Waals surface area contributed by atoms with Crippen LogP contribution in [0.15, 0.2) is 0 Å². The van der Waals surface area contributed by atoms with Crippen molar-refractivity contribution in [3.8, 4) is 0 Å². The van der Waals surface area contributed by atoms with E-state index in [1.54, 1.807) is 0 Å². The largest absolute Gasteiger partial charge is 0.329 e. The molecule has 1 aliphatic carbocycles. The Kier molecular flexibility index (Phi) is 5.07. The molecule has 2 nitrogen and oxygen atoms in total. The highest BCUT2D eigenvalue weighted by atomic mass is 14.9. The van der Waals surface area contributed by atoms with E-state index in [9.17, 15) is 0 Å². The first-order chi connectivity index (χ1) is 7.08. The molecule has 0 amide bonds. The van der Waals surface area contributed by atoms with Gasteiger partial charge in [-0.15, -0.1) is 0 Å². The van der Waals surface area contributed by atoms with Gasteiger partial charge in [0.15, 0.2) is 0 Å². The summed E-state index contributed by atoms with van der Waals surface area (Å²) >= 11 is 0. The molecule has 2 heteroatoms. The summed E-state index contributed by atoms with van der Waals surface area (Å²) in [6, 6.07) is 0.467. The SMILES string of the molecule is CC(C)CC1(CNC(C)CN)CCCC1. The van der Waals surface area contributed by atoms with E-state index in [-0.39, 0.29) is 0 Å². The first kappa shape index (κ1) is 13.0. The van der Waals surface area contributed by atoms with Gasteiger partial charge < -0.3 is 11.1 Å². The topological polar surface area (TPSA) is 38.0 Å². The number of nitrogens with two attached hydrogens (primary N) is 1. The lowest BCUT2D eigenvalue weighted by atomic mass is 9.78. The molecule has 0 aromatic heterocycles. The molecule has 0 aliphatic heterocycles. The monoisotopic (exact) mass is 212 g/mol. The molecule has 0 saturated heterocycles. The van der Waals surface area contributed by atoms with E-state index in [4.69, 9.17) is 5.73 Å². The van der Waals surface area contributed by atoms with Gasteiger partial charge in [-0.25, -0.2) is 0 Å². The van der Waals surface area contributed by atoms with Crippen LogP contribution < -0.4 is 11.1 Å². The second-order valence-electron chi connectivity index (χ2n) is 5.82. The van der Waals surface area contributed by atoms with Gasteiger partial charge in [0.2, 0.25) is 0 Å². The minimum absolute atomic E-state index is 0.467. The minimum Gasteiger partial charge on any atom is -0.329 e. The Morgan fingerprint density at radius 1 is 1.20 bits per heavy atom. The van der Waals surface area contributed by atoms with Crippen LogP contribution in [0.4, 0.5) is 0 Å². The number of rotatable bonds is 6. The number of hydrogen-bond donors (Lipinski definition) is 2. The van der Waals surface area contributed by atoms with Gasteiger partial charge in [-0.2, -0.15) is 0 Å². The van der Waals surface area contributed by atoms with Gasteiger partial charge in [0.05, 0.1) is 0 Å². The average molecular weight is 212 g/mol. The number of hydrogen-bond acceptors (Lipinski definition) is 2. The third-order valence-electron chi connectivity index (χ3n) is 3.68. The van der Waals surface area contributed by atoms with E-state index in [1.807, 2.05) is 0 Å². The molecule has 1 fully saturated rings. The van der Waals surface area contributed by atoms with Crippen molar-refractivity contribution < 1.29 is 0 Å². The zero-order valence-electron chi connectivity index (χ0n) is 10.7. The van der Waals surface area contributed by atoms with Gasteiger partial charge in [0.1, 0.15) is 0 Å². The van der Waals surface area contributed by atoms with Gasteiger partial charge in [0, 0.05) is 19.1 Å². The summed E-state index contributed by atoms with van der Waals surface area (Å²) in [4.78, 5) is 0. The highest BCUT2D eigenvalue weighted by Crippen LogP contribution is 2.42. The Morgan fingerprint density at radius 3 is 2.27 bits per heavy atom. The molecule has 1 unspecified atom stereocenters. The van der Waals surface area contributed by atoms with Crippen molar-refractivity contribution >= 4 is 0 Å². The highest BCUT2D eigenvalue weighted by Gasteiger charge is 2.34. The molecule has 15 heavy (non-hydrogen) atoms. The standard InChI is InChI=1S/C13H28N2/c1-11(2)8-13(6-4-5-7-13)10-15-12(3)9-14/h11-12,15H,4-10,14H2,1-3H3. The van der Waals surface area contributed by atoms with Crippen LogP contribution in [0.2, 0.25) is 0 Å². The van der Waals surface area contributed by atoms with Gasteiger partial charge >= 0.3 is 0 Å². The predicted molar refractivity (Wildman–Crippen MR) is 66.9 cm³/mol. The zero-order valence-corrected chi connectivity index (χ0v) is 10.7. The van der Waals surface area contributed by atoms with Gasteiger partial charge in [0.25, 0.3) is 0 Å². The summed E-state index contributed by atoms with van der Waals surface area (Å²) < 4.78 is 0. The molecule has 1 atom stereocenters. The molecular formula is C13H28N2. The summed E-state index contributed by atoms with van der Waals surface area (Å²) in [6.07, 6.45) is 7.04. The van der Waals surface area contributed by atoms with E-state index in [0.29, 0.717) is 11.5 Å². The Labute approximate surface area is 95.0 Å². The fraction of sp³-hybridized carbons (Fsp3) is 1.00. The van der Waals surface area contributed by atoms with Crippen molar-refractivity contribution in [2.45, 2.75) is 58.9 Å². The lowest BCUT2D eigenvalue weighted by molar-refractivity contribution is 0.217. The first-order valence-electron chi connectivity index (χ1n) is 6.51. The quantitative estimate of drug-likeness (QED) is 0.710. The second-order valence-corrected chi connectivity index (χ2v) is 5.82. The van der Waals surface area contributed by atoms with Crippen molar-refractivity contribution in [3.05, 3.63) is 0 Å². The highest BCUT2D eigenvalue weighted by molar-refractivity contribution is 4.88. The maximum absolute atomic E-state index is 5.64. The second kappa shape index (κ2) is 5.86. The van der Waals surface area contributed by atoms with Crippen molar-refractivity contribution in [3.63, 3.8) is 0 Å². The molecule has 0 bridgehead atoms. The van der Waals surface area contributed by atoms with Crippen LogP contribution in [0.3, 0.4) is 0 Å². The smallest absolute Gasteiger partial charge is 0.0162 e. The van der Waals surface area contributed by atoms with Crippen molar-refractivity contribution in [1.29, 1.82) is 0 Å². The predicted octanol–water partition coefficient (Wildman–Crippen LogP) is 2.53. The van der Waals surface area contributed by atoms with E-state index in [0.717, 1.165) is 12.5 Å². The average Bonchev–Trinajstić information content (AvgIpc) is 2.62. The van der Waals surface area contributed by atoms with Crippen molar-refractivity contribution in [1.82, 2.24) is 5.32 Å². The van der Waals surface area contributed by atoms with Gasteiger partial charge in [-0.3, -0.25) is 0 Å². The molecule has 90 valence electrons. The molecule has 0 spiro atoms. The van der Waals surface area contributed by atoms with E-state index < -0.39 is 0 Å². The maximum Gasteiger partial charge on any atom is 0.0162 e. The Balaban J connectivity index is 2.42. The van der Waals surface area contributed by atoms with Crippen LogP contribution in [-0.2, 0) is 0 Å². The molecule has 3 N–H and O–H groups in total. The van der Waals surface area contributed by atoms with Crippen LogP contribution in [0.5, 0.6) is 0 Å². The molecule has 0 radical (unpaired) electrons. The molecule has 0 aromatic carbocycles. The molecule has 0 aromatic rings. The zero-order chi connectivity index (χ0) is 11.3. The normalized spacial score (nSPS) is 22.2. The first-order valence-corrected chi connectivity index (χ1v) is 6.51. The lowest BCUT2D eigenvalue weighted by Crippen LogP contribution is -2.41. The van der Waals surface area contributed by atoms with Gasteiger partial charge in [-0.05, 0) is 37.5 Å². The summed E-state index contributed by atoms with van der Waals surface area (Å²) in [5.74, 6) is 0.818. The van der Waals surface area contributed by atoms with E-state index >= 15 is 0 Å². The van der Waals surface area contributed by atoms with Crippen LogP contribution in [-0.4, -0.2) is 19.1 Å². The maximum atomic E-state index is 5.64. The Bertz CT molecular complexity index is 171. The Morgan fingerprint density at radius 2 is 1.80 bits per heavy atom. The molecule has 1 saturated carbocycles. The summed E-state index contributed by atoms with van der Waals surface area (Å²) in [7, 11) is 0. The van der Waals surface area contributed by atoms with E-state index in [1.165, 1.54) is 38.6 Å². The van der Waals surface area contributed by atoms with Gasteiger partial charge in [-0.1, -0.05) is 26.7 Å². The van der Waals surface area contributed by atoms with Crippen molar-refractivity contribution in [2.75, 3.05) is 13.1 Å². The summed E-state index contributed by atoms with van der Waals surface area (Å²) in [5, 5.41) is 3.60. The third-order valence-corrected chi connectivity index (χ3v) is 3.68. The van der Waals surface area contributed by atoms with Crippen LogP contribution in [0.25, 0.3) is 0 Å². The lowest BCUT2D eigenvalue weighted by Gasteiger charge is -2.32. The van der Waals surface area contributed by atoms with E-state index in [2.05, 4.69) is 26.1 Å². The molecule has 1 aliphatic rings. The van der Waals surface area contributed by atoms with Crippen molar-refractivity contribution in [2.24, 2.45) is 17.1 Å². The fourth-order valence-corrected chi connectivity index (χ4v) is 2.92.